The molecule has 5 nitrogen and oxygen atoms in total. The summed E-state index contributed by atoms with van der Waals surface area (Å²) in [5, 5.41) is 14.1. The van der Waals surface area contributed by atoms with E-state index in [0.717, 1.165) is 22.2 Å². The number of carbonyl (C=O) groups excluding carboxylic acids is 1. The molecular weight excluding hydrogens is 288 g/mol. The van der Waals surface area contributed by atoms with Crippen LogP contribution in [0.3, 0.4) is 0 Å². The highest BCUT2D eigenvalue weighted by atomic mass is 32.1. The van der Waals surface area contributed by atoms with Crippen LogP contribution >= 0.6 is 11.3 Å². The van der Waals surface area contributed by atoms with Crippen molar-refractivity contribution in [2.75, 3.05) is 20.3 Å². The number of amides is 1. The molecule has 2 rings (SSSR count). The third kappa shape index (κ3) is 4.00. The predicted molar refractivity (Wildman–Crippen MR) is 83.8 cm³/mol. The number of carbonyl (C=O) groups is 1. The van der Waals surface area contributed by atoms with E-state index in [9.17, 15) is 9.90 Å². The highest BCUT2D eigenvalue weighted by Gasteiger charge is 2.15. The number of methoxy groups -OCH3 is 1. The van der Waals surface area contributed by atoms with Gasteiger partial charge >= 0.3 is 0 Å². The molecule has 2 aromatic heterocycles. The number of aliphatic hydroxyl groups is 1. The van der Waals surface area contributed by atoms with Gasteiger partial charge in [0.05, 0.1) is 22.9 Å². The molecule has 0 bridgehead atoms. The number of rotatable bonds is 7. The topological polar surface area (TPSA) is 71.5 Å². The van der Waals surface area contributed by atoms with Gasteiger partial charge in [-0.15, -0.1) is 11.3 Å². The molecule has 0 aromatic carbocycles. The summed E-state index contributed by atoms with van der Waals surface area (Å²) in [4.78, 5) is 16.6. The number of thiophene rings is 1. The number of hydrogen-bond acceptors (Lipinski definition) is 5. The Labute approximate surface area is 128 Å². The van der Waals surface area contributed by atoms with Gasteiger partial charge in [-0.3, -0.25) is 4.79 Å². The fraction of sp³-hybridized carbons (Fsp3) is 0.467. The highest BCUT2D eigenvalue weighted by Crippen LogP contribution is 2.23. The van der Waals surface area contributed by atoms with Crippen LogP contribution in [0.1, 0.15) is 28.9 Å². The molecule has 114 valence electrons. The van der Waals surface area contributed by atoms with E-state index < -0.39 is 0 Å². The maximum atomic E-state index is 12.3. The Morgan fingerprint density at radius 2 is 2.38 bits per heavy atom. The lowest BCUT2D eigenvalue weighted by molar-refractivity contribution is 0.0902. The summed E-state index contributed by atoms with van der Waals surface area (Å²) in [5.41, 5.74) is 2.27. The Balaban J connectivity index is 2.06. The summed E-state index contributed by atoms with van der Waals surface area (Å²) >= 11 is 1.62. The van der Waals surface area contributed by atoms with Crippen molar-refractivity contribution in [2.24, 2.45) is 0 Å². The predicted octanol–water partition coefficient (Wildman–Crippen LogP) is 2.12. The fourth-order valence-corrected chi connectivity index (χ4v) is 2.99. The Kier molecular flexibility index (Phi) is 5.67. The first kappa shape index (κ1) is 15.9. The molecule has 0 spiro atoms. The van der Waals surface area contributed by atoms with Gasteiger partial charge in [-0.25, -0.2) is 4.98 Å². The molecule has 6 heteroatoms. The van der Waals surface area contributed by atoms with Crippen LogP contribution in [0.4, 0.5) is 0 Å². The van der Waals surface area contributed by atoms with Gasteiger partial charge in [0.15, 0.2) is 0 Å². The van der Waals surface area contributed by atoms with Gasteiger partial charge in [0.25, 0.3) is 5.91 Å². The zero-order valence-electron chi connectivity index (χ0n) is 12.3. The van der Waals surface area contributed by atoms with Crippen molar-refractivity contribution >= 4 is 27.5 Å². The third-order valence-corrected chi connectivity index (χ3v) is 4.33. The van der Waals surface area contributed by atoms with Crippen molar-refractivity contribution in [3.63, 3.8) is 0 Å². The molecule has 0 aliphatic heterocycles. The van der Waals surface area contributed by atoms with Crippen LogP contribution in [0, 0.1) is 6.92 Å². The van der Waals surface area contributed by atoms with Crippen LogP contribution in [0.5, 0.6) is 0 Å². The molecule has 1 atom stereocenters. The van der Waals surface area contributed by atoms with Crippen LogP contribution in [0.15, 0.2) is 17.5 Å². The van der Waals surface area contributed by atoms with E-state index in [0.29, 0.717) is 18.7 Å². The minimum absolute atomic E-state index is 0.0882. The van der Waals surface area contributed by atoms with Crippen molar-refractivity contribution in [1.29, 1.82) is 0 Å². The van der Waals surface area contributed by atoms with E-state index in [1.807, 2.05) is 18.4 Å². The van der Waals surface area contributed by atoms with Gasteiger partial charge in [0.2, 0.25) is 0 Å². The van der Waals surface area contributed by atoms with Crippen molar-refractivity contribution in [3.05, 3.63) is 28.8 Å². The number of hydrogen-bond donors (Lipinski definition) is 2. The van der Waals surface area contributed by atoms with Crippen molar-refractivity contribution in [2.45, 2.75) is 25.8 Å². The zero-order chi connectivity index (χ0) is 15.2. The van der Waals surface area contributed by atoms with Crippen LogP contribution in [-0.2, 0) is 4.74 Å². The first-order chi connectivity index (χ1) is 10.2. The summed E-state index contributed by atoms with van der Waals surface area (Å²) in [5.74, 6) is -0.248. The summed E-state index contributed by atoms with van der Waals surface area (Å²) < 4.78 is 6.08. The Hall–Kier alpha value is -1.50. The maximum absolute atomic E-state index is 12.3. The van der Waals surface area contributed by atoms with E-state index in [1.54, 1.807) is 24.5 Å². The Bertz CT molecular complexity index is 612. The smallest absolute Gasteiger partial charge is 0.270 e. The molecule has 1 amide bonds. The number of aliphatic hydroxyl groups excluding tert-OH is 1. The second-order valence-corrected chi connectivity index (χ2v) is 5.86. The molecule has 2 aromatic rings. The van der Waals surface area contributed by atoms with Gasteiger partial charge in [-0.1, -0.05) is 0 Å². The molecule has 0 aliphatic carbocycles. The first-order valence-corrected chi connectivity index (χ1v) is 7.79. The van der Waals surface area contributed by atoms with Crippen LogP contribution in [0.2, 0.25) is 0 Å². The number of nitrogens with zero attached hydrogens (tertiary/aromatic N) is 1. The molecule has 0 fully saturated rings. The van der Waals surface area contributed by atoms with E-state index in [-0.39, 0.29) is 18.6 Å². The van der Waals surface area contributed by atoms with Crippen LogP contribution < -0.4 is 5.32 Å². The quantitative estimate of drug-likeness (QED) is 0.769. The minimum Gasteiger partial charge on any atom is -0.394 e. The molecule has 2 heterocycles. The zero-order valence-corrected chi connectivity index (χ0v) is 13.1. The normalized spacial score (nSPS) is 12.5. The molecule has 0 radical (unpaired) electrons. The number of ether oxygens (including phenoxy) is 1. The van der Waals surface area contributed by atoms with E-state index in [4.69, 9.17) is 4.74 Å². The number of nitrogens with one attached hydrogen (secondary N) is 1. The van der Waals surface area contributed by atoms with Gasteiger partial charge in [0.1, 0.15) is 5.69 Å². The lowest BCUT2D eigenvalue weighted by Gasteiger charge is -2.16. The van der Waals surface area contributed by atoms with Gasteiger partial charge < -0.3 is 15.2 Å². The standard InChI is InChI=1S/C15H20N2O3S/c1-10-8-13(17-12-5-7-21-14(10)12)15(19)16-11(9-18)4-3-6-20-2/h5,7-8,11,18H,3-4,6,9H2,1-2H3,(H,16,19). The van der Waals surface area contributed by atoms with Crippen LogP contribution in [0.25, 0.3) is 10.2 Å². The fourth-order valence-electron chi connectivity index (χ4n) is 2.18. The molecular formula is C15H20N2O3S. The average Bonchev–Trinajstić information content (AvgIpc) is 2.95. The van der Waals surface area contributed by atoms with E-state index in [1.165, 1.54) is 0 Å². The van der Waals surface area contributed by atoms with Gasteiger partial charge in [0, 0.05) is 13.7 Å². The summed E-state index contributed by atoms with van der Waals surface area (Å²) in [6.07, 6.45) is 1.47. The summed E-state index contributed by atoms with van der Waals surface area (Å²) in [7, 11) is 1.63. The van der Waals surface area contributed by atoms with E-state index >= 15 is 0 Å². The lowest BCUT2D eigenvalue weighted by atomic mass is 10.1. The molecule has 1 unspecified atom stereocenters. The number of pyridine rings is 1. The Morgan fingerprint density at radius 1 is 1.57 bits per heavy atom. The second-order valence-electron chi connectivity index (χ2n) is 4.95. The van der Waals surface area contributed by atoms with Gasteiger partial charge in [-0.2, -0.15) is 0 Å². The molecule has 0 saturated carbocycles. The first-order valence-electron chi connectivity index (χ1n) is 6.91. The SMILES string of the molecule is COCCCC(CO)NC(=O)c1cc(C)c2sccc2n1. The minimum atomic E-state index is -0.270. The Morgan fingerprint density at radius 3 is 3.10 bits per heavy atom. The number of aryl methyl sites for hydroxylation is 1. The molecule has 21 heavy (non-hydrogen) atoms. The largest absolute Gasteiger partial charge is 0.394 e. The maximum Gasteiger partial charge on any atom is 0.270 e. The molecule has 0 saturated heterocycles. The lowest BCUT2D eigenvalue weighted by Crippen LogP contribution is -2.38. The number of aromatic nitrogens is 1. The summed E-state index contributed by atoms with van der Waals surface area (Å²) in [6, 6.07) is 3.43. The monoisotopic (exact) mass is 308 g/mol. The average molecular weight is 308 g/mol. The van der Waals surface area contributed by atoms with E-state index in [2.05, 4.69) is 10.3 Å². The summed E-state index contributed by atoms with van der Waals surface area (Å²) in [6.45, 7) is 2.50. The van der Waals surface area contributed by atoms with Crippen molar-refractivity contribution in [3.8, 4) is 0 Å². The molecule has 2 N–H and O–H groups in total. The number of fused-ring (bicyclic) bond motifs is 1. The second kappa shape index (κ2) is 7.49. The highest BCUT2D eigenvalue weighted by molar-refractivity contribution is 7.17. The molecule has 0 aliphatic rings. The van der Waals surface area contributed by atoms with Crippen molar-refractivity contribution in [1.82, 2.24) is 10.3 Å². The van der Waals surface area contributed by atoms with Crippen LogP contribution in [-0.4, -0.2) is 42.4 Å². The third-order valence-electron chi connectivity index (χ3n) is 3.29. The van der Waals surface area contributed by atoms with Crippen molar-refractivity contribution < 1.29 is 14.6 Å². The van der Waals surface area contributed by atoms with Gasteiger partial charge in [-0.05, 0) is 42.8 Å².